The summed E-state index contributed by atoms with van der Waals surface area (Å²) < 4.78 is 1.94. The lowest BCUT2D eigenvalue weighted by molar-refractivity contribution is 0.737. The standard InChI is InChI=1S/C7H12ClN3/c1-9-4-3-6-7(8)10-5-11(6)2/h5,9H,3-4H2,1-2H3. The van der Waals surface area contributed by atoms with E-state index in [9.17, 15) is 0 Å². The molecule has 0 amide bonds. The molecule has 4 heteroatoms. The number of imidazole rings is 1. The average Bonchev–Trinajstić information content (AvgIpc) is 2.29. The van der Waals surface area contributed by atoms with Crippen LogP contribution in [0.3, 0.4) is 0 Å². The van der Waals surface area contributed by atoms with E-state index in [1.165, 1.54) is 0 Å². The molecule has 1 aromatic rings. The SMILES string of the molecule is CNCCc1c(Cl)ncn1C. The molecule has 0 fully saturated rings. The Morgan fingerprint density at radius 1 is 1.73 bits per heavy atom. The number of rotatable bonds is 3. The van der Waals surface area contributed by atoms with Gasteiger partial charge in [0, 0.05) is 20.0 Å². The third kappa shape index (κ3) is 1.94. The first-order valence-corrected chi connectivity index (χ1v) is 3.93. The first-order chi connectivity index (χ1) is 5.25. The number of nitrogens with zero attached hydrogens (tertiary/aromatic N) is 2. The molecule has 1 rings (SSSR count). The van der Waals surface area contributed by atoms with Crippen molar-refractivity contribution in [3.63, 3.8) is 0 Å². The highest BCUT2D eigenvalue weighted by Gasteiger charge is 2.04. The van der Waals surface area contributed by atoms with E-state index in [1.54, 1.807) is 6.33 Å². The molecule has 0 saturated heterocycles. The number of nitrogens with one attached hydrogen (secondary N) is 1. The van der Waals surface area contributed by atoms with Crippen molar-refractivity contribution in [3.8, 4) is 0 Å². The van der Waals surface area contributed by atoms with E-state index in [4.69, 9.17) is 11.6 Å². The van der Waals surface area contributed by atoms with Gasteiger partial charge in [0.25, 0.3) is 0 Å². The van der Waals surface area contributed by atoms with Gasteiger partial charge in [-0.2, -0.15) is 0 Å². The van der Waals surface area contributed by atoms with E-state index in [0.717, 1.165) is 18.7 Å². The summed E-state index contributed by atoms with van der Waals surface area (Å²) in [6.45, 7) is 0.930. The van der Waals surface area contributed by atoms with Crippen molar-refractivity contribution in [3.05, 3.63) is 17.2 Å². The first-order valence-electron chi connectivity index (χ1n) is 3.56. The Labute approximate surface area is 71.4 Å². The van der Waals surface area contributed by atoms with Crippen LogP contribution in [0.2, 0.25) is 5.15 Å². The molecule has 62 valence electrons. The summed E-state index contributed by atoms with van der Waals surface area (Å²) in [4.78, 5) is 3.97. The lowest BCUT2D eigenvalue weighted by atomic mass is 10.3. The third-order valence-corrected chi connectivity index (χ3v) is 1.94. The Bertz CT molecular complexity index is 212. The van der Waals surface area contributed by atoms with Gasteiger partial charge in [-0.15, -0.1) is 0 Å². The predicted molar refractivity (Wildman–Crippen MR) is 45.8 cm³/mol. The number of hydrogen-bond donors (Lipinski definition) is 1. The molecular weight excluding hydrogens is 162 g/mol. The second-order valence-electron chi connectivity index (χ2n) is 2.45. The van der Waals surface area contributed by atoms with E-state index >= 15 is 0 Å². The average molecular weight is 174 g/mol. The minimum Gasteiger partial charge on any atom is -0.336 e. The van der Waals surface area contributed by atoms with Gasteiger partial charge in [0.05, 0.1) is 12.0 Å². The molecule has 0 aliphatic carbocycles. The Morgan fingerprint density at radius 3 is 2.91 bits per heavy atom. The van der Waals surface area contributed by atoms with Crippen molar-refractivity contribution < 1.29 is 0 Å². The second-order valence-corrected chi connectivity index (χ2v) is 2.80. The summed E-state index contributed by atoms with van der Waals surface area (Å²) in [5.41, 5.74) is 1.08. The summed E-state index contributed by atoms with van der Waals surface area (Å²) in [6, 6.07) is 0. The van der Waals surface area contributed by atoms with Crippen molar-refractivity contribution in [2.45, 2.75) is 6.42 Å². The fourth-order valence-corrected chi connectivity index (χ4v) is 1.22. The molecule has 1 N–H and O–H groups in total. The van der Waals surface area contributed by atoms with Gasteiger partial charge in [-0.05, 0) is 7.05 Å². The molecule has 1 heterocycles. The van der Waals surface area contributed by atoms with Crippen LogP contribution in [-0.2, 0) is 13.5 Å². The van der Waals surface area contributed by atoms with Gasteiger partial charge in [0.1, 0.15) is 5.15 Å². The van der Waals surface area contributed by atoms with Gasteiger partial charge in [0.2, 0.25) is 0 Å². The van der Waals surface area contributed by atoms with Crippen LogP contribution < -0.4 is 5.32 Å². The fourth-order valence-electron chi connectivity index (χ4n) is 0.950. The molecule has 0 aliphatic rings. The molecule has 3 nitrogen and oxygen atoms in total. The smallest absolute Gasteiger partial charge is 0.150 e. The van der Waals surface area contributed by atoms with Crippen LogP contribution in [0.15, 0.2) is 6.33 Å². The molecule has 0 spiro atoms. The highest BCUT2D eigenvalue weighted by Crippen LogP contribution is 2.11. The Hall–Kier alpha value is -0.540. The van der Waals surface area contributed by atoms with Crippen LogP contribution in [-0.4, -0.2) is 23.1 Å². The van der Waals surface area contributed by atoms with Crippen molar-refractivity contribution in [1.29, 1.82) is 0 Å². The number of aryl methyl sites for hydroxylation is 1. The maximum atomic E-state index is 5.82. The molecule has 0 saturated carbocycles. The fraction of sp³-hybridized carbons (Fsp3) is 0.571. The van der Waals surface area contributed by atoms with Crippen molar-refractivity contribution in [1.82, 2.24) is 14.9 Å². The topological polar surface area (TPSA) is 29.9 Å². The molecule has 0 unspecified atom stereocenters. The molecule has 0 aliphatic heterocycles. The first kappa shape index (κ1) is 8.56. The summed E-state index contributed by atoms with van der Waals surface area (Å²) >= 11 is 5.82. The molecular formula is C7H12ClN3. The quantitative estimate of drug-likeness (QED) is 0.734. The monoisotopic (exact) mass is 173 g/mol. The summed E-state index contributed by atoms with van der Waals surface area (Å²) in [5.74, 6) is 0. The van der Waals surface area contributed by atoms with E-state index < -0.39 is 0 Å². The Kier molecular flexibility index (Phi) is 2.91. The van der Waals surface area contributed by atoms with Crippen molar-refractivity contribution in [2.75, 3.05) is 13.6 Å². The lowest BCUT2D eigenvalue weighted by Crippen LogP contribution is -2.12. The van der Waals surface area contributed by atoms with E-state index in [1.807, 2.05) is 18.7 Å². The number of hydrogen-bond acceptors (Lipinski definition) is 2. The van der Waals surface area contributed by atoms with Gasteiger partial charge < -0.3 is 9.88 Å². The van der Waals surface area contributed by atoms with Gasteiger partial charge in [0.15, 0.2) is 0 Å². The molecule has 0 atom stereocenters. The highest BCUT2D eigenvalue weighted by atomic mass is 35.5. The largest absolute Gasteiger partial charge is 0.336 e. The van der Waals surface area contributed by atoms with Crippen molar-refractivity contribution in [2.24, 2.45) is 7.05 Å². The summed E-state index contributed by atoms with van der Waals surface area (Å²) in [7, 11) is 3.87. The van der Waals surface area contributed by atoms with E-state index in [2.05, 4.69) is 10.3 Å². The van der Waals surface area contributed by atoms with Gasteiger partial charge in [-0.3, -0.25) is 0 Å². The van der Waals surface area contributed by atoms with Crippen LogP contribution in [0.4, 0.5) is 0 Å². The number of halogens is 1. The van der Waals surface area contributed by atoms with Crippen LogP contribution in [0.25, 0.3) is 0 Å². The minimum atomic E-state index is 0.614. The van der Waals surface area contributed by atoms with Crippen molar-refractivity contribution >= 4 is 11.6 Å². The van der Waals surface area contributed by atoms with Crippen LogP contribution in [0, 0.1) is 0 Å². The second kappa shape index (κ2) is 3.74. The van der Waals surface area contributed by atoms with Gasteiger partial charge in [-0.25, -0.2) is 4.98 Å². The zero-order valence-corrected chi connectivity index (χ0v) is 7.52. The van der Waals surface area contributed by atoms with Crippen LogP contribution in [0.1, 0.15) is 5.69 Å². The van der Waals surface area contributed by atoms with Gasteiger partial charge >= 0.3 is 0 Å². The van der Waals surface area contributed by atoms with Crippen LogP contribution in [0.5, 0.6) is 0 Å². The molecule has 0 aromatic carbocycles. The molecule has 1 aromatic heterocycles. The zero-order valence-electron chi connectivity index (χ0n) is 6.76. The lowest BCUT2D eigenvalue weighted by Gasteiger charge is -2.01. The van der Waals surface area contributed by atoms with E-state index in [0.29, 0.717) is 5.15 Å². The Morgan fingerprint density at radius 2 is 2.45 bits per heavy atom. The summed E-state index contributed by atoms with van der Waals surface area (Å²) in [6.07, 6.45) is 2.65. The minimum absolute atomic E-state index is 0.614. The Balaban J connectivity index is 2.67. The zero-order chi connectivity index (χ0) is 8.27. The number of likely N-dealkylation sites (N-methyl/N-ethyl adjacent to an activating group) is 1. The van der Waals surface area contributed by atoms with Crippen LogP contribution >= 0.6 is 11.6 Å². The predicted octanol–water partition coefficient (Wildman–Crippen LogP) is 0.835. The maximum absolute atomic E-state index is 5.82. The third-order valence-electron chi connectivity index (χ3n) is 1.62. The molecule has 0 radical (unpaired) electrons. The molecule has 0 bridgehead atoms. The van der Waals surface area contributed by atoms with E-state index in [-0.39, 0.29) is 0 Å². The van der Waals surface area contributed by atoms with Gasteiger partial charge in [-0.1, -0.05) is 11.6 Å². The number of aromatic nitrogens is 2. The highest BCUT2D eigenvalue weighted by molar-refractivity contribution is 6.30. The molecule has 11 heavy (non-hydrogen) atoms. The normalized spacial score (nSPS) is 10.5. The summed E-state index contributed by atoms with van der Waals surface area (Å²) in [5, 5.41) is 3.67. The maximum Gasteiger partial charge on any atom is 0.150 e.